The van der Waals surface area contributed by atoms with Crippen molar-refractivity contribution < 1.29 is 31.3 Å². The average molecular weight is 624 g/mol. The number of aryl methyl sites for hydroxylation is 1. The van der Waals surface area contributed by atoms with Crippen LogP contribution in [0.15, 0.2) is 134 Å². The summed E-state index contributed by atoms with van der Waals surface area (Å²) in [4.78, 5) is 13.0. The lowest BCUT2D eigenvalue weighted by molar-refractivity contribution is 0.101. The molecule has 0 fully saturated rings. The summed E-state index contributed by atoms with van der Waals surface area (Å²) in [5.41, 5.74) is 3.47. The Morgan fingerprint density at radius 3 is 2.13 bits per heavy atom. The second kappa shape index (κ2) is 13.1. The molecule has 0 aliphatic carbocycles. The molecule has 0 saturated heterocycles. The number of hydrogen-bond donors (Lipinski definition) is 1. The summed E-state index contributed by atoms with van der Waals surface area (Å²) >= 11 is 0. The molecule has 45 heavy (non-hydrogen) atoms. The van der Waals surface area contributed by atoms with Crippen molar-refractivity contribution in [2.45, 2.75) is 31.5 Å². The van der Waals surface area contributed by atoms with Crippen LogP contribution in [0.4, 0.5) is 5.69 Å². The number of rotatable bonds is 12. The van der Waals surface area contributed by atoms with Gasteiger partial charge in [0.15, 0.2) is 11.5 Å². The second-order valence-corrected chi connectivity index (χ2v) is 12.2. The first-order valence-electron chi connectivity index (χ1n) is 14.1. The second-order valence-electron chi connectivity index (χ2n) is 10.2. The Labute approximate surface area is 259 Å². The number of hydrogen-bond acceptors (Lipinski definition) is 8. The number of carbonyl (C=O) groups is 1. The third kappa shape index (κ3) is 7.06. The standard InChI is InChI=1S/C34H29N3O7S/c1-24-6-2-3-7-26(24)23-43-28-14-10-25(11-15-28)33-20-32(36-44-33)34(38)35-27-12-16-31(17-13-27)45(39,40)37(21-29-8-4-18-41-29)22-30-9-5-19-42-30/h2-20H,21-23H2,1H3,(H,35,38). The van der Waals surface area contributed by atoms with Gasteiger partial charge in [-0.25, -0.2) is 8.42 Å². The number of sulfonamides is 1. The molecular formula is C34H29N3O7S. The normalized spacial score (nSPS) is 11.5. The number of nitrogens with one attached hydrogen (secondary N) is 1. The van der Waals surface area contributed by atoms with E-state index >= 15 is 0 Å². The molecule has 6 rings (SSSR count). The number of aromatic nitrogens is 1. The van der Waals surface area contributed by atoms with Crippen molar-refractivity contribution in [2.75, 3.05) is 5.32 Å². The summed E-state index contributed by atoms with van der Waals surface area (Å²) in [5.74, 6) is 1.60. The van der Waals surface area contributed by atoms with Crippen LogP contribution in [0.2, 0.25) is 0 Å². The molecule has 1 N–H and O–H groups in total. The number of carbonyl (C=O) groups excluding carboxylic acids is 1. The fourth-order valence-electron chi connectivity index (χ4n) is 4.60. The quantitative estimate of drug-likeness (QED) is 0.153. The summed E-state index contributed by atoms with van der Waals surface area (Å²) in [6.45, 7) is 2.54. The lowest BCUT2D eigenvalue weighted by Gasteiger charge is -2.20. The maximum atomic E-state index is 13.5. The molecular weight excluding hydrogens is 594 g/mol. The van der Waals surface area contributed by atoms with E-state index in [1.54, 1.807) is 30.3 Å². The van der Waals surface area contributed by atoms with Gasteiger partial charge in [0.2, 0.25) is 10.0 Å². The lowest BCUT2D eigenvalue weighted by Crippen LogP contribution is -2.30. The molecule has 0 radical (unpaired) electrons. The first kappa shape index (κ1) is 29.7. The van der Waals surface area contributed by atoms with Crippen molar-refractivity contribution in [2.24, 2.45) is 0 Å². The molecule has 6 aromatic rings. The number of nitrogens with zero attached hydrogens (tertiary/aromatic N) is 2. The largest absolute Gasteiger partial charge is 0.489 e. The molecule has 10 nitrogen and oxygen atoms in total. The molecule has 3 aromatic carbocycles. The van der Waals surface area contributed by atoms with Gasteiger partial charge >= 0.3 is 0 Å². The predicted molar refractivity (Wildman–Crippen MR) is 166 cm³/mol. The van der Waals surface area contributed by atoms with Crippen LogP contribution in [-0.4, -0.2) is 23.8 Å². The Balaban J connectivity index is 1.09. The molecule has 0 saturated carbocycles. The van der Waals surface area contributed by atoms with Crippen molar-refractivity contribution >= 4 is 21.6 Å². The Morgan fingerprint density at radius 1 is 0.844 bits per heavy atom. The molecule has 0 atom stereocenters. The van der Waals surface area contributed by atoms with E-state index in [-0.39, 0.29) is 23.7 Å². The molecule has 11 heteroatoms. The van der Waals surface area contributed by atoms with E-state index in [2.05, 4.69) is 10.5 Å². The summed E-state index contributed by atoms with van der Waals surface area (Å²) in [6.07, 6.45) is 2.98. The highest BCUT2D eigenvalue weighted by molar-refractivity contribution is 7.89. The fraction of sp³-hybridized carbons (Fsp3) is 0.118. The molecule has 228 valence electrons. The third-order valence-corrected chi connectivity index (χ3v) is 8.92. The van der Waals surface area contributed by atoms with Crippen LogP contribution in [0.3, 0.4) is 0 Å². The predicted octanol–water partition coefficient (Wildman–Crippen LogP) is 7.06. The lowest BCUT2D eigenvalue weighted by atomic mass is 10.1. The number of ether oxygens (including phenoxy) is 1. The summed E-state index contributed by atoms with van der Waals surface area (Å²) in [6, 6.07) is 29.6. The van der Waals surface area contributed by atoms with Gasteiger partial charge in [-0.2, -0.15) is 4.31 Å². The van der Waals surface area contributed by atoms with Crippen LogP contribution in [0.25, 0.3) is 11.3 Å². The monoisotopic (exact) mass is 623 g/mol. The van der Waals surface area contributed by atoms with Crippen molar-refractivity contribution in [1.82, 2.24) is 9.46 Å². The van der Waals surface area contributed by atoms with Gasteiger partial charge < -0.3 is 23.4 Å². The Kier molecular flexibility index (Phi) is 8.63. The van der Waals surface area contributed by atoms with Crippen LogP contribution >= 0.6 is 0 Å². The topological polar surface area (TPSA) is 128 Å². The summed E-state index contributed by atoms with van der Waals surface area (Å²) in [7, 11) is -3.94. The fourth-order valence-corrected chi connectivity index (χ4v) is 5.97. The van der Waals surface area contributed by atoms with Crippen LogP contribution in [-0.2, 0) is 29.7 Å². The number of amides is 1. The van der Waals surface area contributed by atoms with Gasteiger partial charge in [-0.3, -0.25) is 4.79 Å². The molecule has 3 heterocycles. The molecule has 3 aromatic heterocycles. The summed E-state index contributed by atoms with van der Waals surface area (Å²) < 4.78 is 50.4. The Bertz CT molecular complexity index is 1930. The van der Waals surface area contributed by atoms with Crippen molar-refractivity contribution in [3.63, 3.8) is 0 Å². The SMILES string of the molecule is Cc1ccccc1COc1ccc(-c2cc(C(=O)Nc3ccc(S(=O)(=O)N(Cc4ccco4)Cc4ccco4)cc3)no2)cc1. The molecule has 0 bridgehead atoms. The van der Waals surface area contributed by atoms with Gasteiger partial charge in [0.1, 0.15) is 23.9 Å². The van der Waals surface area contributed by atoms with E-state index < -0.39 is 15.9 Å². The van der Waals surface area contributed by atoms with Crippen LogP contribution in [0, 0.1) is 6.92 Å². The number of benzene rings is 3. The number of furan rings is 2. The van der Waals surface area contributed by atoms with Crippen LogP contribution in [0.5, 0.6) is 5.75 Å². The van der Waals surface area contributed by atoms with Gasteiger partial charge in [-0.05, 0) is 90.8 Å². The van der Waals surface area contributed by atoms with Gasteiger partial charge in [-0.15, -0.1) is 0 Å². The van der Waals surface area contributed by atoms with Crippen LogP contribution in [0.1, 0.15) is 33.1 Å². The maximum absolute atomic E-state index is 13.5. The van der Waals surface area contributed by atoms with Crippen LogP contribution < -0.4 is 10.1 Å². The first-order chi connectivity index (χ1) is 21.8. The van der Waals surface area contributed by atoms with Gasteiger partial charge in [-0.1, -0.05) is 29.4 Å². The highest BCUT2D eigenvalue weighted by Gasteiger charge is 2.27. The molecule has 0 unspecified atom stereocenters. The van der Waals surface area contributed by atoms with Gasteiger partial charge in [0.05, 0.1) is 30.5 Å². The van der Waals surface area contributed by atoms with Crippen molar-refractivity contribution in [3.05, 3.63) is 144 Å². The molecule has 0 aliphatic rings. The van der Waals surface area contributed by atoms with E-state index in [1.807, 2.05) is 55.5 Å². The molecule has 1 amide bonds. The summed E-state index contributed by atoms with van der Waals surface area (Å²) in [5, 5.41) is 6.64. The Hall–Kier alpha value is -5.39. The minimum Gasteiger partial charge on any atom is -0.489 e. The number of anilines is 1. The molecule has 0 aliphatic heterocycles. The smallest absolute Gasteiger partial charge is 0.277 e. The van der Waals surface area contributed by atoms with E-state index in [1.165, 1.54) is 41.1 Å². The maximum Gasteiger partial charge on any atom is 0.277 e. The van der Waals surface area contributed by atoms with E-state index in [4.69, 9.17) is 18.1 Å². The van der Waals surface area contributed by atoms with Gasteiger partial charge in [0.25, 0.3) is 5.91 Å². The minimum atomic E-state index is -3.94. The van der Waals surface area contributed by atoms with E-state index in [0.717, 1.165) is 16.7 Å². The highest BCUT2D eigenvalue weighted by Crippen LogP contribution is 2.26. The third-order valence-electron chi connectivity index (χ3n) is 7.11. The van der Waals surface area contributed by atoms with Crippen molar-refractivity contribution in [1.29, 1.82) is 0 Å². The minimum absolute atomic E-state index is 0.0200. The zero-order valence-corrected chi connectivity index (χ0v) is 25.1. The zero-order chi connectivity index (χ0) is 31.2. The van der Waals surface area contributed by atoms with E-state index in [9.17, 15) is 13.2 Å². The average Bonchev–Trinajstić information content (AvgIpc) is 3.85. The Morgan fingerprint density at radius 2 is 1.51 bits per heavy atom. The zero-order valence-electron chi connectivity index (χ0n) is 24.3. The molecule has 0 spiro atoms. The first-order valence-corrected chi connectivity index (χ1v) is 15.5. The van der Waals surface area contributed by atoms with Gasteiger partial charge in [0, 0.05) is 17.3 Å². The van der Waals surface area contributed by atoms with Crippen molar-refractivity contribution in [3.8, 4) is 17.1 Å². The highest BCUT2D eigenvalue weighted by atomic mass is 32.2. The van der Waals surface area contributed by atoms with E-state index in [0.29, 0.717) is 35.3 Å².